The molecule has 3 aromatic rings. The van der Waals surface area contributed by atoms with Crippen LogP contribution in [0.2, 0.25) is 10.0 Å². The van der Waals surface area contributed by atoms with Crippen molar-refractivity contribution in [1.82, 2.24) is 10.3 Å². The van der Waals surface area contributed by atoms with Crippen LogP contribution in [0.3, 0.4) is 0 Å². The van der Waals surface area contributed by atoms with Gasteiger partial charge in [-0.15, -0.1) is 11.3 Å². The van der Waals surface area contributed by atoms with Crippen LogP contribution in [0.1, 0.15) is 33.5 Å². The number of aromatic nitrogens is 1. The molecule has 1 aromatic heterocycles. The average Bonchev–Trinajstić information content (AvgIpc) is 3.27. The van der Waals surface area contributed by atoms with Crippen LogP contribution in [0.4, 0.5) is 0 Å². The Hall–Kier alpha value is -1.74. The van der Waals surface area contributed by atoms with Crippen molar-refractivity contribution in [3.8, 4) is 0 Å². The molecule has 9 heteroatoms. The summed E-state index contributed by atoms with van der Waals surface area (Å²) < 4.78 is 6.59. The molecule has 0 spiro atoms. The Morgan fingerprint density at radius 1 is 1.24 bits per heavy atom. The summed E-state index contributed by atoms with van der Waals surface area (Å²) in [4.78, 5) is 17.1. The molecule has 1 aliphatic heterocycles. The first-order valence-corrected chi connectivity index (χ1v) is 10.6. The summed E-state index contributed by atoms with van der Waals surface area (Å²) in [7, 11) is 0. The van der Waals surface area contributed by atoms with Crippen molar-refractivity contribution in [3.05, 3.63) is 62.6 Å². The van der Waals surface area contributed by atoms with E-state index in [1.54, 1.807) is 30.3 Å². The number of hydrogen-bond acceptors (Lipinski definition) is 6. The molecule has 1 aliphatic rings. The molecule has 4 rings (SSSR count). The lowest BCUT2D eigenvalue weighted by Gasteiger charge is -2.09. The van der Waals surface area contributed by atoms with E-state index in [9.17, 15) is 15.0 Å². The maximum atomic E-state index is 12.5. The molecule has 0 unspecified atom stereocenters. The van der Waals surface area contributed by atoms with E-state index in [-0.39, 0.29) is 18.6 Å². The second-order valence-electron chi connectivity index (χ2n) is 6.84. The van der Waals surface area contributed by atoms with Gasteiger partial charge in [0.15, 0.2) is 0 Å². The molecule has 0 bridgehead atoms. The molecule has 0 saturated carbocycles. The zero-order valence-corrected chi connectivity index (χ0v) is 17.5. The van der Waals surface area contributed by atoms with Gasteiger partial charge < -0.3 is 20.3 Å². The van der Waals surface area contributed by atoms with Gasteiger partial charge in [0, 0.05) is 28.6 Å². The highest BCUT2D eigenvalue weighted by molar-refractivity contribution is 7.18. The number of aliphatic hydroxyl groups is 2. The van der Waals surface area contributed by atoms with Gasteiger partial charge in [-0.05, 0) is 42.0 Å². The van der Waals surface area contributed by atoms with E-state index >= 15 is 0 Å². The first kappa shape index (κ1) is 20.5. The number of aliphatic hydroxyl groups excluding tert-OH is 2. The van der Waals surface area contributed by atoms with Crippen LogP contribution >= 0.6 is 34.5 Å². The molecular formula is C20H18Cl2N2O4S. The average molecular weight is 453 g/mol. The zero-order chi connectivity index (χ0) is 20.5. The van der Waals surface area contributed by atoms with Crippen LogP contribution in [-0.2, 0) is 11.3 Å². The van der Waals surface area contributed by atoms with E-state index in [1.807, 2.05) is 6.07 Å². The molecule has 1 saturated heterocycles. The molecule has 6 nitrogen and oxygen atoms in total. The summed E-state index contributed by atoms with van der Waals surface area (Å²) in [5.74, 6) is -0.231. The van der Waals surface area contributed by atoms with Crippen LogP contribution < -0.4 is 5.32 Å². The Balaban J connectivity index is 1.47. The van der Waals surface area contributed by atoms with Crippen molar-refractivity contribution < 1.29 is 19.7 Å². The molecule has 3 atom stereocenters. The van der Waals surface area contributed by atoms with Crippen LogP contribution in [0.15, 0.2) is 36.4 Å². The quantitative estimate of drug-likeness (QED) is 0.548. The number of amides is 1. The number of ether oxygens (including phenoxy) is 1. The molecule has 1 amide bonds. The molecule has 2 aromatic carbocycles. The monoisotopic (exact) mass is 452 g/mol. The third-order valence-corrected chi connectivity index (χ3v) is 6.29. The van der Waals surface area contributed by atoms with E-state index in [0.29, 0.717) is 34.1 Å². The van der Waals surface area contributed by atoms with Crippen molar-refractivity contribution in [2.45, 2.75) is 31.3 Å². The first-order chi connectivity index (χ1) is 13.9. The van der Waals surface area contributed by atoms with Gasteiger partial charge in [0.05, 0.1) is 22.9 Å². The number of fused-ring (bicyclic) bond motifs is 1. The summed E-state index contributed by atoms with van der Waals surface area (Å²) >= 11 is 13.4. The maximum absolute atomic E-state index is 12.5. The highest BCUT2D eigenvalue weighted by Gasteiger charge is 2.35. The van der Waals surface area contributed by atoms with Crippen molar-refractivity contribution in [2.75, 3.05) is 6.61 Å². The van der Waals surface area contributed by atoms with Gasteiger partial charge in [0.25, 0.3) is 5.91 Å². The third kappa shape index (κ3) is 4.55. The molecule has 3 N–H and O–H groups in total. The number of benzene rings is 2. The van der Waals surface area contributed by atoms with Crippen LogP contribution in [-0.4, -0.2) is 39.9 Å². The number of carbonyl (C=O) groups is 1. The summed E-state index contributed by atoms with van der Waals surface area (Å²) in [6.45, 7) is 0.0700. The van der Waals surface area contributed by atoms with Crippen molar-refractivity contribution in [1.29, 1.82) is 0 Å². The van der Waals surface area contributed by atoms with E-state index in [0.717, 1.165) is 15.3 Å². The fourth-order valence-corrected chi connectivity index (χ4v) is 4.84. The SMILES string of the molecule is O=C(NCc1cc(Cl)cc(Cl)c1)c1ccc2sc([C@H]3C[C@H](O)[C@@H](CO)O3)nc2c1. The summed E-state index contributed by atoms with van der Waals surface area (Å²) in [6.07, 6.45) is -1.27. The molecule has 29 heavy (non-hydrogen) atoms. The highest BCUT2D eigenvalue weighted by atomic mass is 35.5. The molecule has 0 aliphatic carbocycles. The lowest BCUT2D eigenvalue weighted by Crippen LogP contribution is -2.24. The Bertz CT molecular complexity index is 1040. The van der Waals surface area contributed by atoms with Crippen LogP contribution in [0.5, 0.6) is 0 Å². The standard InChI is InChI=1S/C20H18Cl2N2O4S/c21-12-3-10(4-13(22)6-12)8-23-19(27)11-1-2-18-14(5-11)24-20(29-18)16-7-15(26)17(9-25)28-16/h1-6,15-17,25-26H,7-9H2,(H,23,27)/t15-,16+,17+/m0/s1. The van der Waals surface area contributed by atoms with Gasteiger partial charge in [-0.3, -0.25) is 4.79 Å². The lowest BCUT2D eigenvalue weighted by atomic mass is 10.1. The fraction of sp³-hybridized carbons (Fsp3) is 0.300. The fourth-order valence-electron chi connectivity index (χ4n) is 3.27. The number of nitrogens with one attached hydrogen (secondary N) is 1. The molecular weight excluding hydrogens is 435 g/mol. The Kier molecular flexibility index (Phi) is 6.06. The largest absolute Gasteiger partial charge is 0.394 e. The molecule has 1 fully saturated rings. The van der Waals surface area contributed by atoms with Crippen LogP contribution in [0, 0.1) is 0 Å². The summed E-state index contributed by atoms with van der Waals surface area (Å²) in [5, 5.41) is 23.8. The van der Waals surface area contributed by atoms with E-state index in [1.165, 1.54) is 11.3 Å². The van der Waals surface area contributed by atoms with Gasteiger partial charge in [-0.25, -0.2) is 4.98 Å². The predicted molar refractivity (Wildman–Crippen MR) is 113 cm³/mol. The van der Waals surface area contributed by atoms with Crippen molar-refractivity contribution in [3.63, 3.8) is 0 Å². The lowest BCUT2D eigenvalue weighted by molar-refractivity contribution is -0.0225. The van der Waals surface area contributed by atoms with Crippen molar-refractivity contribution in [2.24, 2.45) is 0 Å². The maximum Gasteiger partial charge on any atom is 0.251 e. The van der Waals surface area contributed by atoms with Gasteiger partial charge >= 0.3 is 0 Å². The highest BCUT2D eigenvalue weighted by Crippen LogP contribution is 2.37. The summed E-state index contributed by atoms with van der Waals surface area (Å²) in [5.41, 5.74) is 1.99. The number of carbonyl (C=O) groups excluding carboxylic acids is 1. The molecule has 2 heterocycles. The zero-order valence-electron chi connectivity index (χ0n) is 15.1. The predicted octanol–water partition coefficient (Wildman–Crippen LogP) is 3.72. The number of hydrogen-bond donors (Lipinski definition) is 3. The Labute approximate surface area is 181 Å². The van der Waals surface area contributed by atoms with E-state index < -0.39 is 12.2 Å². The van der Waals surface area contributed by atoms with Crippen molar-refractivity contribution >= 4 is 50.7 Å². The van der Waals surface area contributed by atoms with Gasteiger partial charge in [-0.1, -0.05) is 23.2 Å². The van der Waals surface area contributed by atoms with Crippen LogP contribution in [0.25, 0.3) is 10.2 Å². The van der Waals surface area contributed by atoms with Gasteiger partial charge in [0.2, 0.25) is 0 Å². The third-order valence-electron chi connectivity index (χ3n) is 4.72. The number of rotatable bonds is 5. The Morgan fingerprint density at radius 2 is 2.00 bits per heavy atom. The van der Waals surface area contributed by atoms with Gasteiger partial charge in [0.1, 0.15) is 17.2 Å². The smallest absolute Gasteiger partial charge is 0.251 e. The first-order valence-electron chi connectivity index (χ1n) is 9.01. The second-order valence-corrected chi connectivity index (χ2v) is 8.78. The number of thiazole rings is 1. The normalized spacial score (nSPS) is 21.6. The molecule has 152 valence electrons. The summed E-state index contributed by atoms with van der Waals surface area (Å²) in [6, 6.07) is 10.4. The second kappa shape index (κ2) is 8.55. The van der Waals surface area contributed by atoms with E-state index in [4.69, 9.17) is 27.9 Å². The topological polar surface area (TPSA) is 91.7 Å². The molecule has 0 radical (unpaired) electrons. The minimum atomic E-state index is -0.710. The number of halogens is 2. The Morgan fingerprint density at radius 3 is 2.69 bits per heavy atom. The van der Waals surface area contributed by atoms with E-state index in [2.05, 4.69) is 10.3 Å². The van der Waals surface area contributed by atoms with Gasteiger partial charge in [-0.2, -0.15) is 0 Å². The number of nitrogens with zero attached hydrogens (tertiary/aromatic N) is 1. The minimum absolute atomic E-state index is 0.231. The minimum Gasteiger partial charge on any atom is -0.394 e.